The maximum atomic E-state index is 12.7. The second kappa shape index (κ2) is 8.47. The molecule has 0 saturated carbocycles. The van der Waals surface area contributed by atoms with Crippen molar-refractivity contribution in [2.24, 2.45) is 0 Å². The van der Waals surface area contributed by atoms with Crippen LogP contribution in [0.15, 0.2) is 63.9 Å². The molecule has 1 unspecified atom stereocenters. The topological polar surface area (TPSA) is 86.0 Å². The van der Waals surface area contributed by atoms with Crippen LogP contribution in [-0.4, -0.2) is 23.9 Å². The van der Waals surface area contributed by atoms with Crippen LogP contribution in [0.1, 0.15) is 36.1 Å². The summed E-state index contributed by atoms with van der Waals surface area (Å²) in [4.78, 5) is 38.2. The fraction of sp³-hybridized carbons (Fsp3) is 0.208. The van der Waals surface area contributed by atoms with E-state index in [0.29, 0.717) is 22.3 Å². The summed E-state index contributed by atoms with van der Waals surface area (Å²) in [5.41, 5.74) is 2.19. The molecule has 1 aromatic heterocycles. The molecule has 31 heavy (non-hydrogen) atoms. The van der Waals surface area contributed by atoms with E-state index in [9.17, 15) is 14.4 Å². The number of carbonyl (C=O) groups excluding carboxylic acids is 2. The summed E-state index contributed by atoms with van der Waals surface area (Å²) in [5.74, 6) is -0.0847. The van der Waals surface area contributed by atoms with Crippen LogP contribution in [0.2, 0.25) is 0 Å². The van der Waals surface area contributed by atoms with E-state index in [1.165, 1.54) is 25.0 Å². The Balaban J connectivity index is 1.54. The molecule has 2 heterocycles. The number of nitrogens with zero attached hydrogens (tertiary/aromatic N) is 1. The maximum Gasteiger partial charge on any atom is 0.336 e. The zero-order valence-corrected chi connectivity index (χ0v) is 17.2. The lowest BCUT2D eigenvalue weighted by atomic mass is 9.94. The molecule has 0 aliphatic carbocycles. The standard InChI is InChI=1S/C24H21NO6/c1-15(26)25-10-9-16-5-3-4-6-19(16)21(25)13-23(27)30-14-17-11-24(28)31-22-12-18(29-2)7-8-20(17)22/h3-12,21H,13-14H2,1-2H3. The van der Waals surface area contributed by atoms with Crippen LogP contribution >= 0.6 is 0 Å². The number of hydrogen-bond acceptors (Lipinski definition) is 6. The highest BCUT2D eigenvalue weighted by Gasteiger charge is 2.28. The van der Waals surface area contributed by atoms with Crippen molar-refractivity contribution in [3.8, 4) is 5.75 Å². The van der Waals surface area contributed by atoms with Gasteiger partial charge in [0.05, 0.1) is 19.6 Å². The lowest BCUT2D eigenvalue weighted by molar-refractivity contribution is -0.146. The molecule has 2 aromatic carbocycles. The molecular formula is C24H21NO6. The predicted octanol–water partition coefficient (Wildman–Crippen LogP) is 3.81. The summed E-state index contributed by atoms with van der Waals surface area (Å²) in [6.07, 6.45) is 3.53. The molecule has 7 nitrogen and oxygen atoms in total. The molecule has 1 aliphatic rings. The van der Waals surface area contributed by atoms with E-state index < -0.39 is 17.6 Å². The second-order valence-electron chi connectivity index (χ2n) is 7.20. The highest BCUT2D eigenvalue weighted by molar-refractivity contribution is 5.82. The lowest BCUT2D eigenvalue weighted by Gasteiger charge is -2.32. The van der Waals surface area contributed by atoms with Gasteiger partial charge in [-0.05, 0) is 29.3 Å². The molecule has 1 amide bonds. The fourth-order valence-corrected chi connectivity index (χ4v) is 3.74. The Morgan fingerprint density at radius 3 is 2.71 bits per heavy atom. The van der Waals surface area contributed by atoms with E-state index in [2.05, 4.69) is 0 Å². The van der Waals surface area contributed by atoms with Gasteiger partial charge in [-0.25, -0.2) is 4.79 Å². The largest absolute Gasteiger partial charge is 0.497 e. The molecule has 3 aromatic rings. The fourth-order valence-electron chi connectivity index (χ4n) is 3.74. The van der Waals surface area contributed by atoms with E-state index in [-0.39, 0.29) is 18.9 Å². The lowest BCUT2D eigenvalue weighted by Crippen LogP contribution is -2.32. The number of hydrogen-bond donors (Lipinski definition) is 0. The Bertz CT molecular complexity index is 1240. The zero-order valence-electron chi connectivity index (χ0n) is 17.2. The Labute approximate surface area is 178 Å². The summed E-state index contributed by atoms with van der Waals surface area (Å²) in [6, 6.07) is 13.6. The molecule has 1 aliphatic heterocycles. The van der Waals surface area contributed by atoms with E-state index in [1.807, 2.05) is 30.3 Å². The van der Waals surface area contributed by atoms with Crippen LogP contribution in [0.3, 0.4) is 0 Å². The Morgan fingerprint density at radius 2 is 1.94 bits per heavy atom. The highest BCUT2D eigenvalue weighted by atomic mass is 16.5. The van der Waals surface area contributed by atoms with Crippen molar-refractivity contribution in [3.05, 3.63) is 81.8 Å². The zero-order chi connectivity index (χ0) is 22.0. The molecule has 0 saturated heterocycles. The number of esters is 1. The molecule has 1 atom stereocenters. The van der Waals surface area contributed by atoms with Gasteiger partial charge in [-0.2, -0.15) is 0 Å². The molecule has 0 radical (unpaired) electrons. The highest BCUT2D eigenvalue weighted by Crippen LogP contribution is 2.33. The first-order chi connectivity index (χ1) is 15.0. The molecule has 158 valence electrons. The normalized spacial score (nSPS) is 14.9. The van der Waals surface area contributed by atoms with Crippen LogP contribution in [0.4, 0.5) is 0 Å². The molecule has 7 heteroatoms. The molecular weight excluding hydrogens is 398 g/mol. The van der Waals surface area contributed by atoms with Crippen molar-refractivity contribution >= 4 is 28.9 Å². The number of fused-ring (bicyclic) bond motifs is 2. The van der Waals surface area contributed by atoms with E-state index in [4.69, 9.17) is 13.9 Å². The van der Waals surface area contributed by atoms with Gasteiger partial charge in [0.2, 0.25) is 5.91 Å². The predicted molar refractivity (Wildman–Crippen MR) is 114 cm³/mol. The van der Waals surface area contributed by atoms with Crippen molar-refractivity contribution in [1.29, 1.82) is 0 Å². The van der Waals surface area contributed by atoms with Crippen LogP contribution < -0.4 is 10.4 Å². The van der Waals surface area contributed by atoms with Gasteiger partial charge in [0.15, 0.2) is 0 Å². The van der Waals surface area contributed by atoms with Crippen molar-refractivity contribution in [2.45, 2.75) is 26.0 Å². The SMILES string of the molecule is COc1ccc2c(COC(=O)CC3c4ccccc4C=CN3C(C)=O)cc(=O)oc2c1. The van der Waals surface area contributed by atoms with Gasteiger partial charge < -0.3 is 18.8 Å². The monoisotopic (exact) mass is 419 g/mol. The molecule has 0 spiro atoms. The smallest absolute Gasteiger partial charge is 0.336 e. The Morgan fingerprint density at radius 1 is 1.13 bits per heavy atom. The van der Waals surface area contributed by atoms with Gasteiger partial charge in [-0.15, -0.1) is 0 Å². The van der Waals surface area contributed by atoms with Gasteiger partial charge >= 0.3 is 11.6 Å². The number of amides is 1. The van der Waals surface area contributed by atoms with Gasteiger partial charge in [-0.3, -0.25) is 9.59 Å². The maximum absolute atomic E-state index is 12.7. The minimum atomic E-state index is -0.541. The third-order valence-corrected chi connectivity index (χ3v) is 5.26. The summed E-state index contributed by atoms with van der Waals surface area (Å²) in [6.45, 7) is 1.37. The van der Waals surface area contributed by atoms with Crippen molar-refractivity contribution in [1.82, 2.24) is 4.90 Å². The van der Waals surface area contributed by atoms with Gasteiger partial charge in [0.25, 0.3) is 0 Å². The molecule has 4 rings (SSSR count). The molecule has 0 bridgehead atoms. The first-order valence-corrected chi connectivity index (χ1v) is 9.78. The number of methoxy groups -OCH3 is 1. The van der Waals surface area contributed by atoms with Crippen molar-refractivity contribution in [2.75, 3.05) is 7.11 Å². The summed E-state index contributed by atoms with van der Waals surface area (Å²) in [7, 11) is 1.52. The first kappa shape index (κ1) is 20.4. The third kappa shape index (κ3) is 4.21. The Kier molecular flexibility index (Phi) is 5.58. The average Bonchev–Trinajstić information content (AvgIpc) is 2.76. The number of rotatable bonds is 5. The third-order valence-electron chi connectivity index (χ3n) is 5.26. The second-order valence-corrected chi connectivity index (χ2v) is 7.20. The van der Waals surface area contributed by atoms with Crippen LogP contribution in [0.25, 0.3) is 17.0 Å². The number of carbonyl (C=O) groups is 2. The number of ether oxygens (including phenoxy) is 2. The van der Waals surface area contributed by atoms with Crippen LogP contribution in [-0.2, 0) is 20.9 Å². The first-order valence-electron chi connectivity index (χ1n) is 9.78. The summed E-state index contributed by atoms with van der Waals surface area (Å²) < 4.78 is 15.9. The van der Waals surface area contributed by atoms with Crippen molar-refractivity contribution in [3.63, 3.8) is 0 Å². The minimum Gasteiger partial charge on any atom is -0.497 e. The quantitative estimate of drug-likeness (QED) is 0.462. The van der Waals surface area contributed by atoms with E-state index in [0.717, 1.165) is 11.1 Å². The average molecular weight is 419 g/mol. The van der Waals surface area contributed by atoms with Crippen LogP contribution in [0, 0.1) is 0 Å². The van der Waals surface area contributed by atoms with Gasteiger partial charge in [0, 0.05) is 36.2 Å². The summed E-state index contributed by atoms with van der Waals surface area (Å²) in [5, 5.41) is 0.657. The number of benzene rings is 2. The van der Waals surface area contributed by atoms with E-state index in [1.54, 1.807) is 24.4 Å². The van der Waals surface area contributed by atoms with Gasteiger partial charge in [0.1, 0.15) is 17.9 Å². The van der Waals surface area contributed by atoms with Gasteiger partial charge in [-0.1, -0.05) is 24.3 Å². The van der Waals surface area contributed by atoms with Crippen LogP contribution in [0.5, 0.6) is 5.75 Å². The molecule has 0 N–H and O–H groups in total. The Hall–Kier alpha value is -3.87. The van der Waals surface area contributed by atoms with E-state index >= 15 is 0 Å². The molecule has 0 fully saturated rings. The summed E-state index contributed by atoms with van der Waals surface area (Å²) >= 11 is 0. The van der Waals surface area contributed by atoms with Crippen molar-refractivity contribution < 1.29 is 23.5 Å². The minimum absolute atomic E-state index is 0.00582.